The smallest absolute Gasteiger partial charge is 0.209 e. The molecule has 1 heterocycles. The maximum atomic E-state index is 5.94. The van der Waals surface area contributed by atoms with Crippen molar-refractivity contribution in [3.63, 3.8) is 0 Å². The number of benzene rings is 2. The third kappa shape index (κ3) is 7.48. The Morgan fingerprint density at radius 3 is 2.71 bits per heavy atom. The number of unbranched alkanes of at least 4 members (excludes halogenated alkanes) is 5. The van der Waals surface area contributed by atoms with Crippen molar-refractivity contribution in [3.8, 4) is 5.75 Å². The fourth-order valence-corrected chi connectivity index (χ4v) is 3.35. The molecule has 0 spiro atoms. The van der Waals surface area contributed by atoms with E-state index >= 15 is 0 Å². The van der Waals surface area contributed by atoms with Gasteiger partial charge in [0.1, 0.15) is 12.4 Å². The molecule has 3 aromatic rings. The van der Waals surface area contributed by atoms with E-state index in [2.05, 4.69) is 39.6 Å². The van der Waals surface area contributed by atoms with Gasteiger partial charge in [0.05, 0.1) is 6.21 Å². The number of nitrogens with two attached hydrogens (primary N) is 1. The Bertz CT molecular complexity index is 978. The molecule has 164 valence electrons. The first kappa shape index (κ1) is 22.4. The number of aromatic nitrogens is 1. The molecule has 0 atom stereocenters. The molecule has 0 saturated carbocycles. The van der Waals surface area contributed by atoms with E-state index in [1.54, 1.807) is 6.21 Å². The summed E-state index contributed by atoms with van der Waals surface area (Å²) < 4.78 is 5.94. The van der Waals surface area contributed by atoms with Crippen LogP contribution in [0.3, 0.4) is 0 Å². The molecule has 0 aliphatic carbocycles. The van der Waals surface area contributed by atoms with Crippen LogP contribution in [0.15, 0.2) is 64.8 Å². The number of hydrogen-bond donors (Lipinski definition) is 3. The topological polar surface area (TPSA) is 87.8 Å². The van der Waals surface area contributed by atoms with Gasteiger partial charge in [-0.2, -0.15) is 5.10 Å². The number of aromatic amines is 1. The zero-order valence-corrected chi connectivity index (χ0v) is 18.3. The molecule has 0 fully saturated rings. The third-order valence-electron chi connectivity index (χ3n) is 5.11. The number of guanidine groups is 1. The molecule has 2 aromatic carbocycles. The highest BCUT2D eigenvalue weighted by atomic mass is 16.5. The number of hydrogen-bond acceptors (Lipinski definition) is 3. The van der Waals surface area contributed by atoms with Gasteiger partial charge < -0.3 is 15.5 Å². The van der Waals surface area contributed by atoms with E-state index in [0.29, 0.717) is 12.6 Å². The minimum atomic E-state index is 0.344. The van der Waals surface area contributed by atoms with E-state index in [1.807, 2.05) is 42.6 Å². The second-order valence-corrected chi connectivity index (χ2v) is 7.63. The highest BCUT2D eigenvalue weighted by Crippen LogP contribution is 2.23. The van der Waals surface area contributed by atoms with Gasteiger partial charge in [0.15, 0.2) is 0 Å². The summed E-state index contributed by atoms with van der Waals surface area (Å²) in [5, 5.41) is 5.28. The van der Waals surface area contributed by atoms with Gasteiger partial charge in [-0.05, 0) is 30.2 Å². The van der Waals surface area contributed by atoms with Gasteiger partial charge in [-0.3, -0.25) is 4.99 Å². The summed E-state index contributed by atoms with van der Waals surface area (Å²) in [5.41, 5.74) is 11.8. The van der Waals surface area contributed by atoms with Gasteiger partial charge in [-0.15, -0.1) is 0 Å². The van der Waals surface area contributed by atoms with Crippen LogP contribution in [0.25, 0.3) is 10.9 Å². The SMILES string of the molecule is CCCCCCCCN=C(N)N/N=C/c1c[nH]c2ccc(OCc3ccccc3)cc12. The van der Waals surface area contributed by atoms with Gasteiger partial charge in [-0.25, -0.2) is 5.43 Å². The molecule has 0 saturated heterocycles. The van der Waals surface area contributed by atoms with Crippen molar-refractivity contribution in [2.75, 3.05) is 6.54 Å². The summed E-state index contributed by atoms with van der Waals surface area (Å²) >= 11 is 0. The lowest BCUT2D eigenvalue weighted by Crippen LogP contribution is -2.27. The molecule has 31 heavy (non-hydrogen) atoms. The summed E-state index contributed by atoms with van der Waals surface area (Å²) in [6.45, 7) is 3.50. The Morgan fingerprint density at radius 2 is 1.87 bits per heavy atom. The monoisotopic (exact) mass is 419 g/mol. The molecule has 1 aromatic heterocycles. The first-order chi connectivity index (χ1) is 15.3. The van der Waals surface area contributed by atoms with Crippen LogP contribution in [0.5, 0.6) is 5.75 Å². The van der Waals surface area contributed by atoms with Gasteiger partial charge >= 0.3 is 0 Å². The molecule has 6 nitrogen and oxygen atoms in total. The molecule has 0 bridgehead atoms. The van der Waals surface area contributed by atoms with Crippen LogP contribution in [-0.2, 0) is 6.61 Å². The lowest BCUT2D eigenvalue weighted by molar-refractivity contribution is 0.306. The molecule has 0 aliphatic rings. The maximum Gasteiger partial charge on any atom is 0.209 e. The van der Waals surface area contributed by atoms with Crippen molar-refractivity contribution >= 4 is 23.1 Å². The summed E-state index contributed by atoms with van der Waals surface area (Å²) in [6.07, 6.45) is 11.1. The number of rotatable bonds is 12. The average Bonchev–Trinajstić information content (AvgIpc) is 3.20. The van der Waals surface area contributed by atoms with Crippen molar-refractivity contribution in [1.29, 1.82) is 0 Å². The molecule has 0 radical (unpaired) electrons. The number of hydrazone groups is 1. The van der Waals surface area contributed by atoms with Crippen molar-refractivity contribution < 1.29 is 4.74 Å². The second-order valence-electron chi connectivity index (χ2n) is 7.63. The largest absolute Gasteiger partial charge is 0.489 e. The van der Waals surface area contributed by atoms with Gasteiger partial charge in [0, 0.05) is 29.2 Å². The Balaban J connectivity index is 1.50. The van der Waals surface area contributed by atoms with E-state index in [-0.39, 0.29) is 0 Å². The standard InChI is InChI=1S/C25H33N5O/c1-2-3-4-5-6-10-15-27-25(26)30-29-18-21-17-28-24-14-13-22(16-23(21)24)31-19-20-11-8-7-9-12-20/h7-9,11-14,16-18,28H,2-6,10,15,19H2,1H3,(H3,26,27,30)/b29-18+. The van der Waals surface area contributed by atoms with Crippen LogP contribution in [-0.4, -0.2) is 23.7 Å². The van der Waals surface area contributed by atoms with E-state index in [1.165, 1.54) is 32.1 Å². The van der Waals surface area contributed by atoms with Crippen molar-refractivity contribution in [2.45, 2.75) is 52.1 Å². The van der Waals surface area contributed by atoms with Gasteiger partial charge in [-0.1, -0.05) is 69.4 Å². The van der Waals surface area contributed by atoms with Crippen molar-refractivity contribution in [3.05, 3.63) is 65.9 Å². The predicted molar refractivity (Wildman–Crippen MR) is 130 cm³/mol. The van der Waals surface area contributed by atoms with Crippen LogP contribution >= 0.6 is 0 Å². The molecule has 4 N–H and O–H groups in total. The molecule has 0 aliphatic heterocycles. The minimum absolute atomic E-state index is 0.344. The number of nitrogens with zero attached hydrogens (tertiary/aromatic N) is 2. The molecule has 3 rings (SSSR count). The van der Waals surface area contributed by atoms with Crippen LogP contribution in [0.2, 0.25) is 0 Å². The van der Waals surface area contributed by atoms with Crippen LogP contribution in [0, 0.1) is 0 Å². The molecular formula is C25H33N5O. The van der Waals surface area contributed by atoms with Crippen LogP contribution in [0.1, 0.15) is 56.6 Å². The zero-order valence-electron chi connectivity index (χ0n) is 18.3. The fraction of sp³-hybridized carbons (Fsp3) is 0.360. The van der Waals surface area contributed by atoms with E-state index in [0.717, 1.165) is 40.7 Å². The highest BCUT2D eigenvalue weighted by molar-refractivity contribution is 5.99. The number of aliphatic imine (C=N–C) groups is 1. The Kier molecular flexibility index (Phi) is 8.98. The molecule has 0 unspecified atom stereocenters. The average molecular weight is 420 g/mol. The predicted octanol–water partition coefficient (Wildman–Crippen LogP) is 5.35. The minimum Gasteiger partial charge on any atom is -0.489 e. The number of ether oxygens (including phenoxy) is 1. The zero-order chi connectivity index (χ0) is 21.7. The Hall–Kier alpha value is -3.28. The van der Waals surface area contributed by atoms with E-state index in [9.17, 15) is 0 Å². The Morgan fingerprint density at radius 1 is 1.06 bits per heavy atom. The Labute approximate surface area is 184 Å². The van der Waals surface area contributed by atoms with Crippen molar-refractivity contribution in [1.82, 2.24) is 10.4 Å². The summed E-state index contributed by atoms with van der Waals surface area (Å²) in [4.78, 5) is 7.59. The number of nitrogens with one attached hydrogen (secondary N) is 2. The third-order valence-corrected chi connectivity index (χ3v) is 5.11. The maximum absolute atomic E-state index is 5.94. The molecule has 6 heteroatoms. The quantitative estimate of drug-likeness (QED) is 0.160. The highest BCUT2D eigenvalue weighted by Gasteiger charge is 2.04. The molecular weight excluding hydrogens is 386 g/mol. The number of H-pyrrole nitrogens is 1. The van der Waals surface area contributed by atoms with Gasteiger partial charge in [0.25, 0.3) is 0 Å². The fourth-order valence-electron chi connectivity index (χ4n) is 3.35. The first-order valence-electron chi connectivity index (χ1n) is 11.1. The summed E-state index contributed by atoms with van der Waals surface area (Å²) in [7, 11) is 0. The molecule has 0 amide bonds. The van der Waals surface area contributed by atoms with Crippen LogP contribution in [0.4, 0.5) is 0 Å². The number of fused-ring (bicyclic) bond motifs is 1. The second kappa shape index (κ2) is 12.4. The van der Waals surface area contributed by atoms with Gasteiger partial charge in [0.2, 0.25) is 5.96 Å². The van der Waals surface area contributed by atoms with Crippen LogP contribution < -0.4 is 15.9 Å². The first-order valence-corrected chi connectivity index (χ1v) is 11.1. The summed E-state index contributed by atoms with van der Waals surface area (Å²) in [6, 6.07) is 16.1. The summed E-state index contributed by atoms with van der Waals surface area (Å²) in [5.74, 6) is 1.16. The van der Waals surface area contributed by atoms with Crippen molar-refractivity contribution in [2.24, 2.45) is 15.8 Å². The lowest BCUT2D eigenvalue weighted by atomic mass is 10.1. The lowest BCUT2D eigenvalue weighted by Gasteiger charge is -2.06. The van der Waals surface area contributed by atoms with E-state index < -0.39 is 0 Å². The normalized spacial score (nSPS) is 12.0. The van der Waals surface area contributed by atoms with E-state index in [4.69, 9.17) is 10.5 Å².